The van der Waals surface area contributed by atoms with Crippen molar-refractivity contribution in [1.82, 2.24) is 4.98 Å². The molecule has 2 aromatic carbocycles. The number of benzene rings is 2. The van der Waals surface area contributed by atoms with Crippen LogP contribution >= 0.6 is 11.3 Å². The minimum absolute atomic E-state index is 0.0928. The molecule has 3 aromatic rings. The molecule has 1 aliphatic heterocycles. The number of unbranched alkanes of at least 4 members (excludes halogenated alkanes) is 2. The molecule has 1 aliphatic rings. The van der Waals surface area contributed by atoms with Crippen LogP contribution in [-0.2, 0) is 14.3 Å². The zero-order valence-corrected chi connectivity index (χ0v) is 23.7. The molecule has 4 rings (SSSR count). The fraction of sp³-hybridized carbons (Fsp3) is 0.333. The number of thiazole rings is 1. The number of aryl methyl sites for hydroxylation is 1. The molecule has 1 amide bonds. The third kappa shape index (κ3) is 5.86. The maximum absolute atomic E-state index is 13.5. The molecule has 1 atom stereocenters. The first-order valence-electron chi connectivity index (χ1n) is 13.1. The Hall–Kier alpha value is -4.18. The second-order valence-electron chi connectivity index (χ2n) is 9.16. The Morgan fingerprint density at radius 1 is 1.05 bits per heavy atom. The van der Waals surface area contributed by atoms with Crippen molar-refractivity contribution in [1.29, 1.82) is 0 Å². The summed E-state index contributed by atoms with van der Waals surface area (Å²) in [6, 6.07) is 12.7. The zero-order valence-electron chi connectivity index (χ0n) is 22.9. The summed E-state index contributed by atoms with van der Waals surface area (Å²) in [6.45, 7) is 6.61. The number of Topliss-reactive ketones (excluding diaryl/α,β-unsaturated/α-hetero) is 1. The number of carbonyl (C=O) groups excluding carboxylic acids is 3. The number of anilines is 1. The Kier molecular flexibility index (Phi) is 9.21. The third-order valence-corrected chi connectivity index (χ3v) is 7.57. The lowest BCUT2D eigenvalue weighted by atomic mass is 9.95. The second-order valence-corrected chi connectivity index (χ2v) is 10.1. The van der Waals surface area contributed by atoms with E-state index in [0.29, 0.717) is 41.5 Å². The van der Waals surface area contributed by atoms with E-state index in [1.807, 2.05) is 6.92 Å². The van der Waals surface area contributed by atoms with Crippen LogP contribution in [0.2, 0.25) is 0 Å². The van der Waals surface area contributed by atoms with Gasteiger partial charge in [0.2, 0.25) is 0 Å². The molecule has 210 valence electrons. The van der Waals surface area contributed by atoms with Gasteiger partial charge in [0.25, 0.3) is 5.78 Å². The quantitative estimate of drug-likeness (QED) is 0.102. The highest BCUT2D eigenvalue weighted by molar-refractivity contribution is 7.17. The summed E-state index contributed by atoms with van der Waals surface area (Å²) in [4.78, 5) is 45.1. The number of amides is 1. The highest BCUT2D eigenvalue weighted by Crippen LogP contribution is 2.44. The van der Waals surface area contributed by atoms with E-state index >= 15 is 0 Å². The number of ether oxygens (including phenoxy) is 3. The molecule has 0 aliphatic carbocycles. The average molecular weight is 565 g/mol. The van der Waals surface area contributed by atoms with E-state index in [9.17, 15) is 19.5 Å². The molecule has 1 unspecified atom stereocenters. The van der Waals surface area contributed by atoms with E-state index in [0.717, 1.165) is 30.6 Å². The van der Waals surface area contributed by atoms with Crippen molar-refractivity contribution in [2.24, 2.45) is 0 Å². The molecule has 0 bridgehead atoms. The van der Waals surface area contributed by atoms with Crippen molar-refractivity contribution >= 4 is 39.9 Å². The topological polar surface area (TPSA) is 115 Å². The lowest BCUT2D eigenvalue weighted by Gasteiger charge is -2.23. The van der Waals surface area contributed by atoms with Gasteiger partial charge in [0.1, 0.15) is 22.1 Å². The minimum Gasteiger partial charge on any atom is -0.507 e. The van der Waals surface area contributed by atoms with E-state index in [1.165, 1.54) is 12.0 Å². The monoisotopic (exact) mass is 564 g/mol. The molecule has 1 saturated heterocycles. The number of ketones is 1. The molecular formula is C30H32N2O7S. The van der Waals surface area contributed by atoms with Crippen molar-refractivity contribution in [3.8, 4) is 11.5 Å². The highest BCUT2D eigenvalue weighted by Gasteiger charge is 2.48. The van der Waals surface area contributed by atoms with Gasteiger partial charge >= 0.3 is 11.9 Å². The number of hydrogen-bond donors (Lipinski definition) is 1. The van der Waals surface area contributed by atoms with Crippen LogP contribution in [-0.4, -0.2) is 48.1 Å². The molecule has 1 fully saturated rings. The summed E-state index contributed by atoms with van der Waals surface area (Å²) in [5.41, 5.74) is 1.17. The predicted octanol–water partition coefficient (Wildman–Crippen LogP) is 5.83. The van der Waals surface area contributed by atoms with Gasteiger partial charge in [-0.25, -0.2) is 9.78 Å². The molecule has 1 N–H and O–H groups in total. The summed E-state index contributed by atoms with van der Waals surface area (Å²) < 4.78 is 16.3. The van der Waals surface area contributed by atoms with Gasteiger partial charge in [-0.2, -0.15) is 0 Å². The van der Waals surface area contributed by atoms with Gasteiger partial charge in [-0.05, 0) is 62.2 Å². The van der Waals surface area contributed by atoms with Crippen LogP contribution < -0.4 is 14.4 Å². The number of aliphatic hydroxyl groups is 1. The summed E-state index contributed by atoms with van der Waals surface area (Å²) in [6.07, 6.45) is 2.99. The average Bonchev–Trinajstić information content (AvgIpc) is 3.47. The van der Waals surface area contributed by atoms with Crippen molar-refractivity contribution < 1.29 is 33.7 Å². The first kappa shape index (κ1) is 28.8. The summed E-state index contributed by atoms with van der Waals surface area (Å²) in [7, 11) is 1.26. The number of methoxy groups -OCH3 is 1. The van der Waals surface area contributed by atoms with Crippen molar-refractivity contribution in [3.63, 3.8) is 0 Å². The summed E-state index contributed by atoms with van der Waals surface area (Å²) in [5, 5.41) is 11.5. The molecule has 2 heterocycles. The van der Waals surface area contributed by atoms with Crippen LogP contribution in [0.3, 0.4) is 0 Å². The highest BCUT2D eigenvalue weighted by atomic mass is 32.1. The van der Waals surface area contributed by atoms with Gasteiger partial charge in [-0.3, -0.25) is 14.5 Å². The number of hydrogen-bond acceptors (Lipinski definition) is 9. The van der Waals surface area contributed by atoms with Crippen molar-refractivity contribution in [2.75, 3.05) is 25.2 Å². The molecule has 10 heteroatoms. The molecule has 0 radical (unpaired) electrons. The van der Waals surface area contributed by atoms with E-state index in [4.69, 9.17) is 14.2 Å². The number of carbonyl (C=O) groups is 3. The molecule has 40 heavy (non-hydrogen) atoms. The molecular weight excluding hydrogens is 532 g/mol. The van der Waals surface area contributed by atoms with E-state index in [-0.39, 0.29) is 21.3 Å². The maximum atomic E-state index is 13.5. The van der Waals surface area contributed by atoms with Crippen molar-refractivity contribution in [3.05, 3.63) is 75.8 Å². The second kappa shape index (κ2) is 12.8. The normalized spacial score (nSPS) is 16.3. The zero-order chi connectivity index (χ0) is 28.8. The lowest BCUT2D eigenvalue weighted by molar-refractivity contribution is -0.132. The minimum atomic E-state index is -1.01. The lowest BCUT2D eigenvalue weighted by Crippen LogP contribution is -2.29. The number of nitrogens with zero attached hydrogens (tertiary/aromatic N) is 2. The van der Waals surface area contributed by atoms with Gasteiger partial charge in [0.05, 0.1) is 37.6 Å². The smallest absolute Gasteiger partial charge is 0.350 e. The summed E-state index contributed by atoms with van der Waals surface area (Å²) in [5.74, 6) is -1.46. The van der Waals surface area contributed by atoms with Crippen LogP contribution in [0.1, 0.15) is 65.6 Å². The van der Waals surface area contributed by atoms with Gasteiger partial charge in [0.15, 0.2) is 5.13 Å². The number of rotatable bonds is 11. The van der Waals surface area contributed by atoms with Gasteiger partial charge in [-0.15, -0.1) is 0 Å². The molecule has 9 nitrogen and oxygen atoms in total. The standard InChI is InChI=1S/C30H32N2O7S/c1-5-7-8-16-39-22-11-9-10-20(17-22)24-23(25(33)19-12-14-21(15-13-19)38-6-2)26(34)28(35)32(24)30-31-18(3)27(40-30)29(36)37-4/h9-15,17,24,33H,5-8,16H2,1-4H3. The maximum Gasteiger partial charge on any atom is 0.350 e. The number of aliphatic hydroxyl groups excluding tert-OH is 1. The largest absolute Gasteiger partial charge is 0.507 e. The fourth-order valence-electron chi connectivity index (χ4n) is 4.46. The van der Waals surface area contributed by atoms with Gasteiger partial charge < -0.3 is 19.3 Å². The van der Waals surface area contributed by atoms with E-state index in [2.05, 4.69) is 11.9 Å². The molecule has 0 saturated carbocycles. The van der Waals surface area contributed by atoms with Crippen LogP contribution in [0.25, 0.3) is 5.76 Å². The van der Waals surface area contributed by atoms with Crippen LogP contribution in [0, 0.1) is 6.92 Å². The fourth-order valence-corrected chi connectivity index (χ4v) is 5.47. The van der Waals surface area contributed by atoms with Crippen molar-refractivity contribution in [2.45, 2.75) is 46.1 Å². The first-order valence-corrected chi connectivity index (χ1v) is 13.9. The van der Waals surface area contributed by atoms with Crippen LogP contribution in [0.5, 0.6) is 11.5 Å². The number of esters is 1. The first-order chi connectivity index (χ1) is 19.3. The Labute approximate surface area is 237 Å². The molecule has 1 aromatic heterocycles. The Balaban J connectivity index is 1.84. The van der Waals surface area contributed by atoms with E-state index in [1.54, 1.807) is 55.5 Å². The van der Waals surface area contributed by atoms with E-state index < -0.39 is 23.7 Å². The van der Waals surface area contributed by atoms with Gasteiger partial charge in [0, 0.05) is 5.56 Å². The predicted molar refractivity (Wildman–Crippen MR) is 152 cm³/mol. The molecule has 0 spiro atoms. The third-order valence-electron chi connectivity index (χ3n) is 6.44. The Morgan fingerprint density at radius 3 is 2.48 bits per heavy atom. The van der Waals surface area contributed by atoms with Crippen LogP contribution in [0.15, 0.2) is 54.1 Å². The number of aromatic nitrogens is 1. The summed E-state index contributed by atoms with van der Waals surface area (Å²) >= 11 is 0.949. The van der Waals surface area contributed by atoms with Gasteiger partial charge in [-0.1, -0.05) is 43.2 Å². The Morgan fingerprint density at radius 2 is 1.80 bits per heavy atom. The van der Waals surface area contributed by atoms with Crippen LogP contribution in [0.4, 0.5) is 5.13 Å². The Bertz CT molecular complexity index is 1430. The SMILES string of the molecule is CCCCCOc1cccc(C2C(=C(O)c3ccc(OCC)cc3)C(=O)C(=O)N2c2nc(C)c(C(=O)OC)s2)c1.